The van der Waals surface area contributed by atoms with Crippen molar-refractivity contribution in [2.24, 2.45) is 5.92 Å². The van der Waals surface area contributed by atoms with Crippen LogP contribution in [0.4, 0.5) is 0 Å². The van der Waals surface area contributed by atoms with E-state index in [4.69, 9.17) is 11.6 Å². The Morgan fingerprint density at radius 3 is 2.94 bits per heavy atom. The van der Waals surface area contributed by atoms with Crippen LogP contribution in [0.5, 0.6) is 0 Å². The van der Waals surface area contributed by atoms with Crippen molar-refractivity contribution in [2.75, 3.05) is 6.54 Å². The first-order chi connectivity index (χ1) is 8.66. The highest BCUT2D eigenvalue weighted by Gasteiger charge is 2.10. The second-order valence-electron chi connectivity index (χ2n) is 4.58. The number of hydrogen-bond donors (Lipinski definition) is 1. The number of nitrogens with zero attached hydrogens (tertiary/aromatic N) is 2. The fourth-order valence-corrected chi connectivity index (χ4v) is 2.48. The van der Waals surface area contributed by atoms with E-state index in [1.54, 1.807) is 0 Å². The summed E-state index contributed by atoms with van der Waals surface area (Å²) < 4.78 is 4.03. The zero-order valence-corrected chi connectivity index (χ0v) is 12.1. The van der Waals surface area contributed by atoms with Gasteiger partial charge in [0, 0.05) is 17.1 Å². The molecule has 0 bridgehead atoms. The molecule has 0 atom stereocenters. The molecule has 0 saturated carbocycles. The molecule has 0 aliphatic carbocycles. The van der Waals surface area contributed by atoms with Crippen molar-refractivity contribution in [3.8, 4) is 11.3 Å². The van der Waals surface area contributed by atoms with Crippen molar-refractivity contribution in [1.29, 1.82) is 0 Å². The molecule has 3 nitrogen and oxygen atoms in total. The summed E-state index contributed by atoms with van der Waals surface area (Å²) in [5, 5.41) is 8.33. The van der Waals surface area contributed by atoms with Gasteiger partial charge in [0.2, 0.25) is 0 Å². The van der Waals surface area contributed by atoms with E-state index in [1.165, 1.54) is 11.5 Å². The van der Waals surface area contributed by atoms with E-state index in [1.807, 2.05) is 24.3 Å². The minimum Gasteiger partial charge on any atom is -0.311 e. The van der Waals surface area contributed by atoms with E-state index in [2.05, 4.69) is 28.8 Å². The lowest BCUT2D eigenvalue weighted by Crippen LogP contribution is -2.18. The van der Waals surface area contributed by atoms with Crippen LogP contribution in [0.3, 0.4) is 0 Å². The zero-order valence-electron chi connectivity index (χ0n) is 10.5. The number of rotatable bonds is 5. The van der Waals surface area contributed by atoms with E-state index in [-0.39, 0.29) is 0 Å². The van der Waals surface area contributed by atoms with Crippen molar-refractivity contribution < 1.29 is 0 Å². The molecule has 0 aliphatic heterocycles. The Kier molecular flexibility index (Phi) is 4.69. The second kappa shape index (κ2) is 6.27. The molecule has 0 aliphatic rings. The summed E-state index contributed by atoms with van der Waals surface area (Å²) in [6, 6.07) is 7.72. The van der Waals surface area contributed by atoms with Gasteiger partial charge in [0.1, 0.15) is 5.69 Å². The fourth-order valence-electron chi connectivity index (χ4n) is 1.65. The van der Waals surface area contributed by atoms with Gasteiger partial charge in [-0.2, -0.15) is 0 Å². The Morgan fingerprint density at radius 1 is 1.39 bits per heavy atom. The Hall–Kier alpha value is -0.970. The van der Waals surface area contributed by atoms with Crippen LogP contribution in [0.2, 0.25) is 5.02 Å². The molecule has 0 spiro atoms. The molecule has 0 unspecified atom stereocenters. The van der Waals surface area contributed by atoms with Gasteiger partial charge in [-0.05, 0) is 36.1 Å². The first kappa shape index (κ1) is 13.5. The summed E-state index contributed by atoms with van der Waals surface area (Å²) in [5.41, 5.74) is 1.95. The van der Waals surface area contributed by atoms with E-state index in [0.717, 1.165) is 34.2 Å². The molecule has 0 amide bonds. The van der Waals surface area contributed by atoms with Gasteiger partial charge in [-0.1, -0.05) is 42.1 Å². The number of benzene rings is 1. The molecule has 0 radical (unpaired) electrons. The molecule has 1 heterocycles. The van der Waals surface area contributed by atoms with Gasteiger partial charge in [0.05, 0.1) is 4.88 Å². The van der Waals surface area contributed by atoms with Gasteiger partial charge in [-0.3, -0.25) is 0 Å². The summed E-state index contributed by atoms with van der Waals surface area (Å²) in [6.45, 7) is 6.18. The van der Waals surface area contributed by atoms with Crippen molar-refractivity contribution in [2.45, 2.75) is 20.4 Å². The smallest absolute Gasteiger partial charge is 0.110 e. The molecule has 96 valence electrons. The maximum absolute atomic E-state index is 6.00. The third-order valence-corrected chi connectivity index (χ3v) is 3.45. The third kappa shape index (κ3) is 3.51. The first-order valence-corrected chi connectivity index (χ1v) is 7.10. The highest BCUT2D eigenvalue weighted by molar-refractivity contribution is 7.05. The Balaban J connectivity index is 2.12. The predicted octanol–water partition coefficient (Wildman–Crippen LogP) is 3.60. The van der Waals surface area contributed by atoms with E-state index < -0.39 is 0 Å². The highest BCUT2D eigenvalue weighted by atomic mass is 35.5. The standard InChI is InChI=1S/C13H16ClN3S/c1-9(2)7-15-8-12-13(16-17-18-12)10-4-3-5-11(14)6-10/h3-6,9,15H,7-8H2,1-2H3. The monoisotopic (exact) mass is 281 g/mol. The van der Waals surface area contributed by atoms with Crippen LogP contribution in [-0.2, 0) is 6.54 Å². The number of aromatic nitrogens is 2. The molecular weight excluding hydrogens is 266 g/mol. The van der Waals surface area contributed by atoms with Gasteiger partial charge >= 0.3 is 0 Å². The van der Waals surface area contributed by atoms with E-state index in [9.17, 15) is 0 Å². The number of halogens is 1. The van der Waals surface area contributed by atoms with Crippen molar-refractivity contribution in [1.82, 2.24) is 14.9 Å². The minimum atomic E-state index is 0.639. The normalized spacial score (nSPS) is 11.1. The maximum atomic E-state index is 6.00. The summed E-state index contributed by atoms with van der Waals surface area (Å²) in [5.74, 6) is 0.639. The summed E-state index contributed by atoms with van der Waals surface area (Å²) in [7, 11) is 0. The number of nitrogens with one attached hydrogen (secondary N) is 1. The molecule has 1 aromatic heterocycles. The average molecular weight is 282 g/mol. The molecule has 0 fully saturated rings. The molecular formula is C13H16ClN3S. The summed E-state index contributed by atoms with van der Waals surface area (Å²) >= 11 is 7.43. The molecule has 0 saturated heterocycles. The summed E-state index contributed by atoms with van der Waals surface area (Å²) in [6.07, 6.45) is 0. The lowest BCUT2D eigenvalue weighted by molar-refractivity contribution is 0.555. The lowest BCUT2D eigenvalue weighted by atomic mass is 10.1. The molecule has 5 heteroatoms. The van der Waals surface area contributed by atoms with Crippen molar-refractivity contribution in [3.05, 3.63) is 34.2 Å². The molecule has 2 aromatic rings. The van der Waals surface area contributed by atoms with Crippen LogP contribution in [0.15, 0.2) is 24.3 Å². The number of hydrogen-bond acceptors (Lipinski definition) is 4. The van der Waals surface area contributed by atoms with Crippen LogP contribution in [0, 0.1) is 5.92 Å². The largest absolute Gasteiger partial charge is 0.311 e. The van der Waals surface area contributed by atoms with Crippen molar-refractivity contribution >= 4 is 23.1 Å². The van der Waals surface area contributed by atoms with Gasteiger partial charge in [0.15, 0.2) is 0 Å². The van der Waals surface area contributed by atoms with Gasteiger partial charge in [-0.25, -0.2) is 0 Å². The molecule has 1 N–H and O–H groups in total. The Bertz CT molecular complexity index is 510. The van der Waals surface area contributed by atoms with E-state index >= 15 is 0 Å². The minimum absolute atomic E-state index is 0.639. The van der Waals surface area contributed by atoms with Crippen LogP contribution in [0.25, 0.3) is 11.3 Å². The molecule has 1 aromatic carbocycles. The van der Waals surface area contributed by atoms with Gasteiger partial charge in [0.25, 0.3) is 0 Å². The average Bonchev–Trinajstić information content (AvgIpc) is 2.77. The zero-order chi connectivity index (χ0) is 13.0. The van der Waals surface area contributed by atoms with Crippen molar-refractivity contribution in [3.63, 3.8) is 0 Å². The topological polar surface area (TPSA) is 37.8 Å². The summed E-state index contributed by atoms with van der Waals surface area (Å²) in [4.78, 5) is 1.15. The lowest BCUT2D eigenvalue weighted by Gasteiger charge is -2.06. The van der Waals surface area contributed by atoms with Gasteiger partial charge < -0.3 is 5.32 Å². The molecule has 18 heavy (non-hydrogen) atoms. The molecule has 2 rings (SSSR count). The third-order valence-electron chi connectivity index (χ3n) is 2.49. The van der Waals surface area contributed by atoms with Crippen LogP contribution < -0.4 is 5.32 Å². The van der Waals surface area contributed by atoms with Crippen LogP contribution in [0.1, 0.15) is 18.7 Å². The predicted molar refractivity (Wildman–Crippen MR) is 76.9 cm³/mol. The van der Waals surface area contributed by atoms with E-state index in [0.29, 0.717) is 5.92 Å². The Morgan fingerprint density at radius 2 is 2.22 bits per heavy atom. The van der Waals surface area contributed by atoms with Crippen LogP contribution >= 0.6 is 23.1 Å². The highest BCUT2D eigenvalue weighted by Crippen LogP contribution is 2.25. The maximum Gasteiger partial charge on any atom is 0.110 e. The quantitative estimate of drug-likeness (QED) is 0.910. The second-order valence-corrected chi connectivity index (χ2v) is 5.85. The van der Waals surface area contributed by atoms with Crippen LogP contribution in [-0.4, -0.2) is 16.1 Å². The Labute approximate surface area is 116 Å². The fraction of sp³-hybridized carbons (Fsp3) is 0.385. The first-order valence-electron chi connectivity index (χ1n) is 5.94. The SMILES string of the molecule is CC(C)CNCc1snnc1-c1cccc(Cl)c1. The van der Waals surface area contributed by atoms with Gasteiger partial charge in [-0.15, -0.1) is 5.10 Å².